The summed E-state index contributed by atoms with van der Waals surface area (Å²) in [5.74, 6) is 0. The van der Waals surface area contributed by atoms with Crippen LogP contribution >= 0.6 is 0 Å². The average molecular weight is 230 g/mol. The van der Waals surface area contributed by atoms with Crippen molar-refractivity contribution in [2.75, 3.05) is 20.1 Å². The molecule has 0 aliphatic heterocycles. The zero-order chi connectivity index (χ0) is 11.7. The molecule has 0 spiro atoms. The first-order chi connectivity index (χ1) is 8.33. The number of likely N-dealkylation sites (N-methyl/N-ethyl adjacent to an activating group) is 1. The molecule has 1 aromatic rings. The summed E-state index contributed by atoms with van der Waals surface area (Å²) in [6, 6.07) is 10.4. The molecule has 0 aromatic heterocycles. The number of nitrogens with zero attached hydrogens (tertiary/aromatic N) is 1. The number of fused-ring (bicyclic) bond motifs is 1. The summed E-state index contributed by atoms with van der Waals surface area (Å²) < 4.78 is 0. The van der Waals surface area contributed by atoms with Crippen molar-refractivity contribution in [1.29, 1.82) is 0 Å². The minimum absolute atomic E-state index is 0.667. The van der Waals surface area contributed by atoms with Gasteiger partial charge in [0.2, 0.25) is 0 Å². The molecule has 17 heavy (non-hydrogen) atoms. The van der Waals surface area contributed by atoms with E-state index in [1.807, 2.05) is 0 Å². The van der Waals surface area contributed by atoms with Crippen LogP contribution in [0.25, 0.3) is 0 Å². The third-order valence-corrected chi connectivity index (χ3v) is 4.12. The Bertz CT molecular complexity index is 359. The maximum Gasteiger partial charge on any atom is 0.0149 e. The van der Waals surface area contributed by atoms with Crippen LogP contribution in [0.3, 0.4) is 0 Å². The second-order valence-electron chi connectivity index (χ2n) is 5.54. The zero-order valence-corrected chi connectivity index (χ0v) is 10.7. The third-order valence-electron chi connectivity index (χ3n) is 4.12. The molecular weight excluding hydrogens is 208 g/mol. The molecule has 0 bridgehead atoms. The summed E-state index contributed by atoms with van der Waals surface area (Å²) in [7, 11) is 2.25. The standard InChI is InChI=1S/C15H22N2/c1-17(15-6-7-15)9-8-16-14-10-12-4-2-3-5-13(12)11-14/h2-5,14-16H,6-11H2,1H3. The van der Waals surface area contributed by atoms with Crippen molar-refractivity contribution in [3.8, 4) is 0 Å². The van der Waals surface area contributed by atoms with Gasteiger partial charge in [-0.15, -0.1) is 0 Å². The molecule has 2 heteroatoms. The van der Waals surface area contributed by atoms with Crippen LogP contribution in [0.2, 0.25) is 0 Å². The Morgan fingerprint density at radius 1 is 1.18 bits per heavy atom. The predicted octanol–water partition coefficient (Wildman–Crippen LogP) is 1.84. The molecule has 1 N–H and O–H groups in total. The number of hydrogen-bond acceptors (Lipinski definition) is 2. The van der Waals surface area contributed by atoms with Crippen LogP contribution in [0.1, 0.15) is 24.0 Å². The minimum atomic E-state index is 0.667. The van der Waals surface area contributed by atoms with E-state index >= 15 is 0 Å². The molecule has 2 aliphatic carbocycles. The smallest absolute Gasteiger partial charge is 0.0149 e. The minimum Gasteiger partial charge on any atom is -0.312 e. The molecule has 2 aliphatic rings. The highest BCUT2D eigenvalue weighted by molar-refractivity contribution is 5.33. The Labute approximate surface area is 104 Å². The second kappa shape index (κ2) is 4.79. The number of rotatable bonds is 5. The monoisotopic (exact) mass is 230 g/mol. The molecular formula is C15H22N2. The van der Waals surface area contributed by atoms with Crippen LogP contribution in [0.15, 0.2) is 24.3 Å². The lowest BCUT2D eigenvalue weighted by molar-refractivity contribution is 0.315. The van der Waals surface area contributed by atoms with E-state index in [4.69, 9.17) is 0 Å². The molecule has 92 valence electrons. The SMILES string of the molecule is CN(CCNC1Cc2ccccc2C1)C1CC1. The normalized spacial score (nSPS) is 19.9. The first kappa shape index (κ1) is 11.2. The largest absolute Gasteiger partial charge is 0.312 e. The van der Waals surface area contributed by atoms with E-state index in [-0.39, 0.29) is 0 Å². The van der Waals surface area contributed by atoms with Crippen LogP contribution in [-0.4, -0.2) is 37.1 Å². The van der Waals surface area contributed by atoms with Crippen molar-refractivity contribution < 1.29 is 0 Å². The fraction of sp³-hybridized carbons (Fsp3) is 0.600. The highest BCUT2D eigenvalue weighted by Crippen LogP contribution is 2.25. The summed E-state index contributed by atoms with van der Waals surface area (Å²) >= 11 is 0. The number of hydrogen-bond donors (Lipinski definition) is 1. The van der Waals surface area contributed by atoms with Crippen molar-refractivity contribution >= 4 is 0 Å². The second-order valence-corrected chi connectivity index (χ2v) is 5.54. The van der Waals surface area contributed by atoms with Gasteiger partial charge in [0.25, 0.3) is 0 Å². The van der Waals surface area contributed by atoms with Gasteiger partial charge in [0.05, 0.1) is 0 Å². The molecule has 0 atom stereocenters. The predicted molar refractivity (Wildman–Crippen MR) is 71.3 cm³/mol. The van der Waals surface area contributed by atoms with Crippen molar-refractivity contribution in [3.63, 3.8) is 0 Å². The van der Waals surface area contributed by atoms with E-state index < -0.39 is 0 Å². The number of benzene rings is 1. The van der Waals surface area contributed by atoms with Gasteiger partial charge in [0.15, 0.2) is 0 Å². The fourth-order valence-electron chi connectivity index (χ4n) is 2.85. The molecule has 1 saturated carbocycles. The van der Waals surface area contributed by atoms with E-state index in [9.17, 15) is 0 Å². The topological polar surface area (TPSA) is 15.3 Å². The molecule has 1 aromatic carbocycles. The van der Waals surface area contributed by atoms with Crippen molar-refractivity contribution in [2.24, 2.45) is 0 Å². The van der Waals surface area contributed by atoms with Crippen LogP contribution in [0.4, 0.5) is 0 Å². The van der Waals surface area contributed by atoms with Gasteiger partial charge in [-0.05, 0) is 43.9 Å². The lowest BCUT2D eigenvalue weighted by Gasteiger charge is -2.18. The molecule has 0 saturated heterocycles. The van der Waals surface area contributed by atoms with Crippen molar-refractivity contribution in [1.82, 2.24) is 10.2 Å². The van der Waals surface area contributed by atoms with Gasteiger partial charge >= 0.3 is 0 Å². The fourth-order valence-corrected chi connectivity index (χ4v) is 2.85. The summed E-state index contributed by atoms with van der Waals surface area (Å²) in [6.07, 6.45) is 5.24. The van der Waals surface area contributed by atoms with Gasteiger partial charge in [0.1, 0.15) is 0 Å². The zero-order valence-electron chi connectivity index (χ0n) is 10.7. The Morgan fingerprint density at radius 3 is 2.41 bits per heavy atom. The van der Waals surface area contributed by atoms with E-state index in [0.717, 1.165) is 12.6 Å². The third kappa shape index (κ3) is 2.70. The molecule has 1 fully saturated rings. The Morgan fingerprint density at radius 2 is 1.82 bits per heavy atom. The molecule has 0 heterocycles. The van der Waals surface area contributed by atoms with Crippen LogP contribution in [-0.2, 0) is 12.8 Å². The summed E-state index contributed by atoms with van der Waals surface area (Å²) in [4.78, 5) is 2.50. The van der Waals surface area contributed by atoms with Gasteiger partial charge in [0, 0.05) is 25.2 Å². The first-order valence-electron chi connectivity index (χ1n) is 6.83. The summed E-state index contributed by atoms with van der Waals surface area (Å²) in [5.41, 5.74) is 3.08. The van der Waals surface area contributed by atoms with Gasteiger partial charge in [-0.2, -0.15) is 0 Å². The first-order valence-corrected chi connectivity index (χ1v) is 6.83. The molecule has 3 rings (SSSR count). The van der Waals surface area contributed by atoms with Crippen LogP contribution in [0.5, 0.6) is 0 Å². The Kier molecular flexibility index (Phi) is 3.17. The van der Waals surface area contributed by atoms with Gasteiger partial charge in [-0.25, -0.2) is 0 Å². The van der Waals surface area contributed by atoms with E-state index in [2.05, 4.69) is 41.5 Å². The maximum atomic E-state index is 3.70. The van der Waals surface area contributed by atoms with E-state index in [1.165, 1.54) is 32.2 Å². The lowest BCUT2D eigenvalue weighted by Crippen LogP contribution is -2.36. The average Bonchev–Trinajstić information content (AvgIpc) is 3.09. The van der Waals surface area contributed by atoms with Crippen molar-refractivity contribution in [2.45, 2.75) is 37.8 Å². The van der Waals surface area contributed by atoms with Crippen molar-refractivity contribution in [3.05, 3.63) is 35.4 Å². The van der Waals surface area contributed by atoms with Crippen LogP contribution < -0.4 is 5.32 Å². The maximum absolute atomic E-state index is 3.70. The Balaban J connectivity index is 1.43. The lowest BCUT2D eigenvalue weighted by atomic mass is 10.1. The van der Waals surface area contributed by atoms with Gasteiger partial charge in [-0.1, -0.05) is 24.3 Å². The van der Waals surface area contributed by atoms with E-state index in [0.29, 0.717) is 6.04 Å². The Hall–Kier alpha value is -0.860. The highest BCUT2D eigenvalue weighted by Gasteiger charge is 2.26. The quantitative estimate of drug-likeness (QED) is 0.830. The van der Waals surface area contributed by atoms with Gasteiger partial charge < -0.3 is 10.2 Å². The molecule has 0 radical (unpaired) electrons. The number of nitrogens with one attached hydrogen (secondary N) is 1. The molecule has 2 nitrogen and oxygen atoms in total. The highest BCUT2D eigenvalue weighted by atomic mass is 15.2. The summed E-state index contributed by atoms with van der Waals surface area (Å²) in [5, 5.41) is 3.70. The van der Waals surface area contributed by atoms with E-state index in [1.54, 1.807) is 11.1 Å². The molecule has 0 unspecified atom stereocenters. The van der Waals surface area contributed by atoms with Gasteiger partial charge in [-0.3, -0.25) is 0 Å². The summed E-state index contributed by atoms with van der Waals surface area (Å²) in [6.45, 7) is 2.32. The van der Waals surface area contributed by atoms with Crippen LogP contribution in [0, 0.1) is 0 Å². The molecule has 0 amide bonds.